The molecule has 6 aliphatic rings. The number of ether oxygens (including phenoxy) is 3. The number of nitriles is 2. The van der Waals surface area contributed by atoms with Crippen molar-refractivity contribution < 1.29 is 59.6 Å². The number of para-hydroxylation sites is 2. The number of esters is 3. The zero-order valence-corrected chi connectivity index (χ0v) is 48.3. The van der Waals surface area contributed by atoms with Crippen LogP contribution in [-0.4, -0.2) is 109 Å². The van der Waals surface area contributed by atoms with Crippen molar-refractivity contribution in [2.45, 2.75) is 63.8 Å². The highest BCUT2D eigenvalue weighted by Crippen LogP contribution is 2.37. The number of quaternary nitrogens is 1. The predicted octanol–water partition coefficient (Wildman–Crippen LogP) is 7.93. The van der Waals surface area contributed by atoms with E-state index in [-0.39, 0.29) is 58.7 Å². The number of alkyl halides is 1. The summed E-state index contributed by atoms with van der Waals surface area (Å²) >= 11 is 3.07. The van der Waals surface area contributed by atoms with E-state index in [2.05, 4.69) is 42.3 Å². The van der Waals surface area contributed by atoms with Crippen molar-refractivity contribution in [1.82, 2.24) is 4.90 Å². The molecule has 6 heterocycles. The quantitative estimate of drug-likeness (QED) is 0.0313. The molecular formula is C64H68Br2N6O8. The highest BCUT2D eigenvalue weighted by molar-refractivity contribution is 9.09. The van der Waals surface area contributed by atoms with Crippen molar-refractivity contribution in [2.75, 3.05) is 68.4 Å². The molecule has 16 heteroatoms. The minimum Gasteiger partial charge on any atom is -1.00 e. The van der Waals surface area contributed by atoms with Gasteiger partial charge in [0.15, 0.2) is 24.0 Å². The van der Waals surface area contributed by atoms with E-state index in [1.807, 2.05) is 127 Å². The Kier molecular flexibility index (Phi) is 24.2. The minimum absolute atomic E-state index is 0. The third-order valence-corrected chi connectivity index (χ3v) is 15.2. The van der Waals surface area contributed by atoms with Gasteiger partial charge in [-0.2, -0.15) is 10.5 Å². The van der Waals surface area contributed by atoms with E-state index in [4.69, 9.17) is 14.7 Å². The lowest BCUT2D eigenvalue weighted by Crippen LogP contribution is -3.00. The number of rotatable bonds is 16. The van der Waals surface area contributed by atoms with E-state index in [0.717, 1.165) is 80.9 Å². The van der Waals surface area contributed by atoms with Crippen LogP contribution in [0.3, 0.4) is 0 Å². The lowest BCUT2D eigenvalue weighted by Gasteiger charge is -2.51. The number of fused-ring (bicyclic) bond motifs is 6. The van der Waals surface area contributed by atoms with Crippen LogP contribution >= 0.6 is 15.9 Å². The van der Waals surface area contributed by atoms with E-state index in [0.29, 0.717) is 63.6 Å². The van der Waals surface area contributed by atoms with Crippen LogP contribution < -0.4 is 27.6 Å². The largest absolute Gasteiger partial charge is 1.00 e. The standard InChI is InChI=1S/C30H30N3O3.C21H24N2O2.C9H6BrNO.C4H8O2.BrH/c31-19-22-8-7-11-25(18-22)27(34)20-33-16-14-23(15-17-33)28(21-33)36-30(35)29(24-9-3-1-4-10-24)32-26-12-5-2-6-13-26;24-21(25-19-15-23-13-11-16(19)12-14-23)20(17-7-3-1-4-8-17)22-18-9-5-2-6-10-18;10-5-9(12)8-3-1-2-7(4-8)6-11;1-3-6-4(2)5;/h1-13,18,23,28-29,32H,14-17,20-21H2;1-10,16,19-20,22H,11-15H2;1-4H,5H2;3H2,1-2H3;1H/q+1;;;;/p-1/t23?,28-,29+,33?;19-,20+;;;/m00.../s1. The molecule has 416 valence electrons. The summed E-state index contributed by atoms with van der Waals surface area (Å²) in [6, 6.07) is 55.5. The summed E-state index contributed by atoms with van der Waals surface area (Å²) < 4.78 is 17.2. The van der Waals surface area contributed by atoms with Crippen molar-refractivity contribution in [3.63, 3.8) is 0 Å². The number of anilines is 2. The van der Waals surface area contributed by atoms with E-state index in [9.17, 15) is 29.2 Å². The van der Waals surface area contributed by atoms with Crippen LogP contribution in [0.2, 0.25) is 0 Å². The van der Waals surface area contributed by atoms with Gasteiger partial charge in [0.2, 0.25) is 5.78 Å². The molecular weight excluding hydrogens is 1140 g/mol. The van der Waals surface area contributed by atoms with Crippen molar-refractivity contribution in [1.29, 1.82) is 10.5 Å². The molecule has 6 aliphatic heterocycles. The minimum atomic E-state index is -0.618. The molecule has 12 rings (SSSR count). The molecule has 0 saturated carbocycles. The van der Waals surface area contributed by atoms with Gasteiger partial charge in [0, 0.05) is 54.7 Å². The molecule has 80 heavy (non-hydrogen) atoms. The highest BCUT2D eigenvalue weighted by Gasteiger charge is 2.49. The van der Waals surface area contributed by atoms with Crippen LogP contribution in [0.15, 0.2) is 170 Å². The molecule has 6 saturated heterocycles. The number of piperidine rings is 6. The van der Waals surface area contributed by atoms with Crippen LogP contribution in [0.4, 0.5) is 11.4 Å². The van der Waals surface area contributed by atoms with Crippen LogP contribution in [0.25, 0.3) is 0 Å². The molecule has 6 aromatic carbocycles. The average molecular weight is 1210 g/mol. The second kappa shape index (κ2) is 31.4. The first-order chi connectivity index (χ1) is 38.4. The molecule has 0 unspecified atom stereocenters. The number of hydrogen-bond acceptors (Lipinski definition) is 13. The molecule has 4 atom stereocenters. The lowest BCUT2D eigenvalue weighted by molar-refractivity contribution is -0.938. The van der Waals surface area contributed by atoms with E-state index in [1.165, 1.54) is 6.92 Å². The third-order valence-electron chi connectivity index (χ3n) is 14.7. The Bertz CT molecular complexity index is 3030. The summed E-state index contributed by atoms with van der Waals surface area (Å²) in [4.78, 5) is 63.0. The summed E-state index contributed by atoms with van der Waals surface area (Å²) in [6.45, 7) is 9.64. The Hall–Kier alpha value is -7.47. The number of halogens is 2. The smallest absolute Gasteiger partial charge is 0.333 e. The average Bonchev–Trinajstić information content (AvgIpc) is 3.51. The number of ketones is 2. The monoisotopic (exact) mass is 1210 g/mol. The third kappa shape index (κ3) is 18.0. The first-order valence-corrected chi connectivity index (χ1v) is 28.0. The van der Waals surface area contributed by atoms with Gasteiger partial charge in [-0.25, -0.2) is 9.59 Å². The fourth-order valence-corrected chi connectivity index (χ4v) is 10.8. The highest BCUT2D eigenvalue weighted by atomic mass is 79.9. The van der Waals surface area contributed by atoms with Gasteiger partial charge >= 0.3 is 17.9 Å². The maximum absolute atomic E-state index is 13.5. The molecule has 4 bridgehead atoms. The van der Waals surface area contributed by atoms with Crippen molar-refractivity contribution in [3.8, 4) is 12.1 Å². The molecule has 0 amide bonds. The number of hydrogen-bond donors (Lipinski definition) is 2. The molecule has 6 fully saturated rings. The van der Waals surface area contributed by atoms with Gasteiger partial charge in [-0.3, -0.25) is 19.3 Å². The van der Waals surface area contributed by atoms with E-state index < -0.39 is 12.1 Å². The number of nitrogens with zero attached hydrogens (tertiary/aromatic N) is 4. The lowest BCUT2D eigenvalue weighted by atomic mass is 9.82. The SMILES string of the molecule is CCOC(C)=O.N#Cc1cccc(C(=O)CBr)c1.N#Cc1cccc(C(=O)C[N+]23CCC(CC2)[C@@H](OC(=O)[C@H](Nc2ccccc2)c2ccccc2)C3)c1.O=C(O[C@H]1CN2CCC1CC2)[C@H](Nc1ccccc1)c1ccccc1.[Br-]. The summed E-state index contributed by atoms with van der Waals surface area (Å²) in [5, 5.41) is 24.7. The maximum atomic E-state index is 13.5. The van der Waals surface area contributed by atoms with E-state index in [1.54, 1.807) is 55.5 Å². The zero-order chi connectivity index (χ0) is 56.0. The summed E-state index contributed by atoms with van der Waals surface area (Å²) in [7, 11) is 0. The molecule has 0 radical (unpaired) electrons. The number of nitrogens with one attached hydrogen (secondary N) is 2. The second-order valence-electron chi connectivity index (χ2n) is 20.1. The first-order valence-electron chi connectivity index (χ1n) is 26.9. The first kappa shape index (κ1) is 61.7. The van der Waals surface area contributed by atoms with Gasteiger partial charge in [0.25, 0.3) is 0 Å². The summed E-state index contributed by atoms with van der Waals surface area (Å²) in [5.74, 6) is 0.167. The molecule has 6 aromatic rings. The van der Waals surface area contributed by atoms with Gasteiger partial charge in [-0.15, -0.1) is 0 Å². The molecule has 2 N–H and O–H groups in total. The van der Waals surface area contributed by atoms with E-state index >= 15 is 0 Å². The molecule has 14 nitrogen and oxygen atoms in total. The fourth-order valence-electron chi connectivity index (χ4n) is 10.5. The summed E-state index contributed by atoms with van der Waals surface area (Å²) in [5.41, 5.74) is 5.70. The molecule has 0 aliphatic carbocycles. The van der Waals surface area contributed by atoms with Crippen molar-refractivity contribution >= 4 is 56.8 Å². The van der Waals surface area contributed by atoms with Crippen molar-refractivity contribution in [3.05, 3.63) is 203 Å². The number of benzene rings is 6. The Labute approximate surface area is 488 Å². The van der Waals surface area contributed by atoms with Crippen molar-refractivity contribution in [2.24, 2.45) is 11.8 Å². The Morgan fingerprint density at radius 3 is 1.45 bits per heavy atom. The Morgan fingerprint density at radius 1 is 0.613 bits per heavy atom. The van der Waals surface area contributed by atoms with Gasteiger partial charge in [-0.05, 0) is 98.4 Å². The Morgan fingerprint density at radius 2 is 1.05 bits per heavy atom. The predicted molar refractivity (Wildman–Crippen MR) is 307 cm³/mol. The van der Waals surface area contributed by atoms with Crippen LogP contribution in [0.1, 0.15) is 94.6 Å². The zero-order valence-electron chi connectivity index (χ0n) is 45.1. The van der Waals surface area contributed by atoms with Gasteiger partial charge in [0.1, 0.15) is 19.2 Å². The topological polar surface area (TPSA) is 188 Å². The number of Topliss-reactive ketones (excluding diaryl/α,β-unsaturated/α-hetero) is 2. The van der Waals surface area contributed by atoms with Crippen LogP contribution in [0, 0.1) is 34.5 Å². The number of carbonyl (C=O) groups is 5. The summed E-state index contributed by atoms with van der Waals surface area (Å²) in [6.07, 6.45) is 3.96. The van der Waals surface area contributed by atoms with Crippen LogP contribution in [0.5, 0.6) is 0 Å². The molecule has 0 spiro atoms. The van der Waals surface area contributed by atoms with Crippen LogP contribution in [-0.2, 0) is 28.6 Å². The second-order valence-corrected chi connectivity index (χ2v) is 20.6. The maximum Gasteiger partial charge on any atom is 0.333 e. The van der Waals surface area contributed by atoms with Gasteiger partial charge in [0.05, 0.1) is 48.3 Å². The fraction of sp³-hybridized carbons (Fsp3) is 0.328. The van der Waals surface area contributed by atoms with Gasteiger partial charge in [-0.1, -0.05) is 137 Å². The molecule has 0 aromatic heterocycles. The Balaban J connectivity index is 0.000000202. The number of carbonyl (C=O) groups excluding carboxylic acids is 5. The normalized spacial score (nSPS) is 20.5. The van der Waals surface area contributed by atoms with Gasteiger partial charge < -0.3 is 46.3 Å².